The van der Waals surface area contributed by atoms with E-state index < -0.39 is 25.8 Å². The van der Waals surface area contributed by atoms with Crippen LogP contribution in [-0.4, -0.2) is 13.4 Å². The molecular formula is C7H5ClF3NO2S. The van der Waals surface area contributed by atoms with Gasteiger partial charge in [-0.2, -0.15) is 13.2 Å². The number of aromatic nitrogens is 1. The quantitative estimate of drug-likeness (QED) is 0.727. The summed E-state index contributed by atoms with van der Waals surface area (Å²) in [5.41, 5.74) is -1.22. The maximum Gasteiger partial charge on any atom is 0.434 e. The molecule has 0 saturated carbocycles. The van der Waals surface area contributed by atoms with Crippen molar-refractivity contribution in [3.8, 4) is 0 Å². The third kappa shape index (κ3) is 2.82. The molecule has 84 valence electrons. The lowest BCUT2D eigenvalue weighted by Gasteiger charge is -2.09. The first kappa shape index (κ1) is 12.3. The zero-order chi connectivity index (χ0) is 11.9. The second-order valence-corrected chi connectivity index (χ2v) is 5.33. The van der Waals surface area contributed by atoms with E-state index in [9.17, 15) is 21.6 Å². The smallest absolute Gasteiger partial charge is 0.250 e. The van der Waals surface area contributed by atoms with Gasteiger partial charge in [0.25, 0.3) is 9.05 Å². The lowest BCUT2D eigenvalue weighted by Crippen LogP contribution is -2.13. The van der Waals surface area contributed by atoms with Crippen LogP contribution < -0.4 is 0 Å². The van der Waals surface area contributed by atoms with Crippen LogP contribution in [0.15, 0.2) is 17.2 Å². The standard InChI is InChI=1S/C7H5ClF3NO2S/c1-4-2-5(15(8,13)14)6(12-3-4)7(9,10)11/h2-3H,1H3. The van der Waals surface area contributed by atoms with Crippen LogP contribution >= 0.6 is 10.7 Å². The summed E-state index contributed by atoms with van der Waals surface area (Å²) in [6, 6.07) is 0.832. The summed E-state index contributed by atoms with van der Waals surface area (Å²) in [4.78, 5) is 2.01. The zero-order valence-corrected chi connectivity index (χ0v) is 8.91. The molecule has 1 rings (SSSR count). The first-order chi connectivity index (χ1) is 6.62. The maximum atomic E-state index is 12.3. The molecule has 0 spiro atoms. The fourth-order valence-electron chi connectivity index (χ4n) is 0.941. The van der Waals surface area contributed by atoms with E-state index in [1.807, 2.05) is 0 Å². The summed E-state index contributed by atoms with van der Waals surface area (Å²) in [5, 5.41) is 0. The van der Waals surface area contributed by atoms with Crippen molar-refractivity contribution in [2.45, 2.75) is 18.0 Å². The molecule has 0 aliphatic rings. The highest BCUT2D eigenvalue weighted by Gasteiger charge is 2.38. The number of alkyl halides is 3. The summed E-state index contributed by atoms with van der Waals surface area (Å²) in [6.07, 6.45) is -3.92. The van der Waals surface area contributed by atoms with Gasteiger partial charge in [0, 0.05) is 16.9 Å². The molecule has 1 heterocycles. The summed E-state index contributed by atoms with van der Waals surface area (Å²) in [7, 11) is 0.425. The highest BCUT2D eigenvalue weighted by molar-refractivity contribution is 8.13. The van der Waals surface area contributed by atoms with Gasteiger partial charge in [0.2, 0.25) is 0 Å². The molecule has 8 heteroatoms. The Morgan fingerprint density at radius 1 is 1.40 bits per heavy atom. The molecule has 0 aromatic carbocycles. The van der Waals surface area contributed by atoms with Crippen molar-refractivity contribution in [1.82, 2.24) is 4.98 Å². The SMILES string of the molecule is Cc1cnc(C(F)(F)F)c(S(=O)(=O)Cl)c1. The Morgan fingerprint density at radius 3 is 2.33 bits per heavy atom. The van der Waals surface area contributed by atoms with Crippen molar-refractivity contribution in [3.05, 3.63) is 23.5 Å². The van der Waals surface area contributed by atoms with Crippen molar-refractivity contribution in [1.29, 1.82) is 0 Å². The monoisotopic (exact) mass is 259 g/mol. The molecule has 1 aromatic rings. The second-order valence-electron chi connectivity index (χ2n) is 2.80. The zero-order valence-electron chi connectivity index (χ0n) is 7.34. The molecule has 1 aromatic heterocycles. The van der Waals surface area contributed by atoms with Gasteiger partial charge in [0.15, 0.2) is 5.69 Å². The highest BCUT2D eigenvalue weighted by atomic mass is 35.7. The predicted octanol–water partition coefficient (Wildman–Crippen LogP) is 2.34. The second kappa shape index (κ2) is 3.64. The van der Waals surface area contributed by atoms with E-state index in [-0.39, 0.29) is 5.56 Å². The summed E-state index contributed by atoms with van der Waals surface area (Å²) in [5.74, 6) is 0. The molecule has 0 fully saturated rings. The van der Waals surface area contributed by atoms with Crippen LogP contribution in [0, 0.1) is 6.92 Å². The summed E-state index contributed by atoms with van der Waals surface area (Å²) < 4.78 is 58.7. The van der Waals surface area contributed by atoms with E-state index in [1.54, 1.807) is 0 Å². The Hall–Kier alpha value is -0.820. The lowest BCUT2D eigenvalue weighted by atomic mass is 10.3. The molecule has 0 aliphatic heterocycles. The van der Waals surface area contributed by atoms with Crippen molar-refractivity contribution in [2.24, 2.45) is 0 Å². The predicted molar refractivity (Wildman–Crippen MR) is 47.0 cm³/mol. The maximum absolute atomic E-state index is 12.3. The van der Waals surface area contributed by atoms with Gasteiger partial charge in [0.1, 0.15) is 4.90 Å². The van der Waals surface area contributed by atoms with E-state index in [0.717, 1.165) is 12.3 Å². The number of aryl methyl sites for hydroxylation is 1. The average molecular weight is 260 g/mol. The number of hydrogen-bond donors (Lipinski definition) is 0. The minimum absolute atomic E-state index is 0.280. The molecule has 0 atom stereocenters. The number of pyridine rings is 1. The topological polar surface area (TPSA) is 47.0 Å². The van der Waals surface area contributed by atoms with Crippen LogP contribution in [-0.2, 0) is 15.2 Å². The molecule has 0 radical (unpaired) electrons. The van der Waals surface area contributed by atoms with Gasteiger partial charge < -0.3 is 0 Å². The Labute approximate surface area is 88.3 Å². The number of nitrogens with zero attached hydrogens (tertiary/aromatic N) is 1. The molecule has 0 amide bonds. The van der Waals surface area contributed by atoms with Crippen molar-refractivity contribution >= 4 is 19.7 Å². The van der Waals surface area contributed by atoms with Crippen LogP contribution in [0.4, 0.5) is 13.2 Å². The van der Waals surface area contributed by atoms with Crippen molar-refractivity contribution < 1.29 is 21.6 Å². The Balaban J connectivity index is 3.55. The first-order valence-corrected chi connectivity index (χ1v) is 5.92. The van der Waals surface area contributed by atoms with E-state index in [1.165, 1.54) is 6.92 Å². The van der Waals surface area contributed by atoms with Gasteiger partial charge >= 0.3 is 6.18 Å². The van der Waals surface area contributed by atoms with Gasteiger partial charge in [-0.05, 0) is 18.6 Å². The first-order valence-electron chi connectivity index (χ1n) is 3.61. The van der Waals surface area contributed by atoms with Crippen molar-refractivity contribution in [2.75, 3.05) is 0 Å². The van der Waals surface area contributed by atoms with Gasteiger partial charge in [-0.1, -0.05) is 0 Å². The molecular weight excluding hydrogens is 255 g/mol. The summed E-state index contributed by atoms with van der Waals surface area (Å²) >= 11 is 0. The number of rotatable bonds is 1. The minimum atomic E-state index is -4.84. The fourth-order valence-corrected chi connectivity index (χ4v) is 2.02. The Kier molecular flexibility index (Phi) is 2.97. The third-order valence-electron chi connectivity index (χ3n) is 1.52. The van der Waals surface area contributed by atoms with E-state index >= 15 is 0 Å². The molecule has 0 unspecified atom stereocenters. The normalized spacial score (nSPS) is 12.9. The van der Waals surface area contributed by atoms with Crippen LogP contribution in [0.3, 0.4) is 0 Å². The molecule has 0 aliphatic carbocycles. The van der Waals surface area contributed by atoms with Gasteiger partial charge in [0.05, 0.1) is 0 Å². The van der Waals surface area contributed by atoms with Crippen LogP contribution in [0.1, 0.15) is 11.3 Å². The molecule has 0 bridgehead atoms. The average Bonchev–Trinajstić information content (AvgIpc) is 2.00. The fraction of sp³-hybridized carbons (Fsp3) is 0.286. The van der Waals surface area contributed by atoms with E-state index in [4.69, 9.17) is 10.7 Å². The lowest BCUT2D eigenvalue weighted by molar-refractivity contribution is -0.143. The molecule has 0 N–H and O–H groups in total. The third-order valence-corrected chi connectivity index (χ3v) is 2.86. The van der Waals surface area contributed by atoms with Gasteiger partial charge in [-0.25, -0.2) is 8.42 Å². The van der Waals surface area contributed by atoms with Gasteiger partial charge in [-0.15, -0.1) is 0 Å². The van der Waals surface area contributed by atoms with Crippen molar-refractivity contribution in [3.63, 3.8) is 0 Å². The van der Waals surface area contributed by atoms with Crippen LogP contribution in [0.2, 0.25) is 0 Å². The molecule has 3 nitrogen and oxygen atoms in total. The Morgan fingerprint density at radius 2 is 1.93 bits per heavy atom. The highest BCUT2D eigenvalue weighted by Crippen LogP contribution is 2.33. The molecule has 0 saturated heterocycles. The Bertz CT molecular complexity index is 483. The van der Waals surface area contributed by atoms with Crippen LogP contribution in [0.5, 0.6) is 0 Å². The van der Waals surface area contributed by atoms with Gasteiger partial charge in [-0.3, -0.25) is 4.98 Å². The largest absolute Gasteiger partial charge is 0.434 e. The van der Waals surface area contributed by atoms with Crippen LogP contribution in [0.25, 0.3) is 0 Å². The minimum Gasteiger partial charge on any atom is -0.250 e. The summed E-state index contributed by atoms with van der Waals surface area (Å²) in [6.45, 7) is 1.42. The van der Waals surface area contributed by atoms with E-state index in [0.29, 0.717) is 0 Å². The number of hydrogen-bond acceptors (Lipinski definition) is 3. The van der Waals surface area contributed by atoms with E-state index in [2.05, 4.69) is 4.98 Å². The number of halogens is 4. The molecule has 15 heavy (non-hydrogen) atoms.